The summed E-state index contributed by atoms with van der Waals surface area (Å²) in [5, 5.41) is 18.6. The fourth-order valence-electron chi connectivity index (χ4n) is 2.37. The molecule has 144 valence electrons. The summed E-state index contributed by atoms with van der Waals surface area (Å²) in [6, 6.07) is 8.69. The second kappa shape index (κ2) is 9.12. The highest BCUT2D eigenvalue weighted by Crippen LogP contribution is 2.31. The summed E-state index contributed by atoms with van der Waals surface area (Å²) in [4.78, 5) is 11.1. The average Bonchev–Trinajstić information content (AvgIpc) is 2.93. The van der Waals surface area contributed by atoms with Crippen LogP contribution in [0.2, 0.25) is 0 Å². The molecule has 0 aliphatic carbocycles. The smallest absolute Gasteiger partial charge is 0.332 e. The van der Waals surface area contributed by atoms with Crippen molar-refractivity contribution in [2.45, 2.75) is 20.8 Å². The molecule has 2 rings (SSSR count). The third-order valence-corrected chi connectivity index (χ3v) is 4.37. The van der Waals surface area contributed by atoms with Crippen molar-refractivity contribution in [3.05, 3.63) is 67.1 Å². The van der Waals surface area contributed by atoms with Gasteiger partial charge in [-0.3, -0.25) is 10.1 Å². The maximum absolute atomic E-state index is 11.7. The van der Waals surface area contributed by atoms with Crippen molar-refractivity contribution < 1.29 is 9.66 Å². The van der Waals surface area contributed by atoms with Gasteiger partial charge in [-0.15, -0.1) is 0 Å². The van der Waals surface area contributed by atoms with E-state index in [-0.39, 0.29) is 5.82 Å². The van der Waals surface area contributed by atoms with Crippen molar-refractivity contribution in [1.82, 2.24) is 9.78 Å². The first kappa shape index (κ1) is 21.1. The molecule has 0 saturated heterocycles. The summed E-state index contributed by atoms with van der Waals surface area (Å²) < 4.78 is 6.36. The van der Waals surface area contributed by atoms with E-state index in [1.807, 2.05) is 6.92 Å². The van der Waals surface area contributed by atoms with Gasteiger partial charge >= 0.3 is 5.70 Å². The number of allylic oxidation sites excluding steroid dienone is 1. The molecular weight excluding hydrogens is 415 g/mol. The summed E-state index contributed by atoms with van der Waals surface area (Å²) >= 11 is 17.4. The molecule has 27 heavy (non-hydrogen) atoms. The molecule has 0 unspecified atom stereocenters. The van der Waals surface area contributed by atoms with Crippen LogP contribution in [0.3, 0.4) is 0 Å². The standard InChI is InChI=1S/C17H17Cl3N4O3/c1-4-27-13-7-5-12(6-8-13)21-17(23-11(3)9-10(2)22-23)15(24(25)26)14(18)16(19)20/h5-9,21H,4H2,1-3H3/b17-15+. The molecule has 0 aliphatic heterocycles. The van der Waals surface area contributed by atoms with E-state index >= 15 is 0 Å². The van der Waals surface area contributed by atoms with Crippen molar-refractivity contribution in [3.63, 3.8) is 0 Å². The molecule has 1 heterocycles. The fraction of sp³-hybridized carbons (Fsp3) is 0.235. The highest BCUT2D eigenvalue weighted by molar-refractivity contribution is 6.59. The van der Waals surface area contributed by atoms with Crippen molar-refractivity contribution in [1.29, 1.82) is 0 Å². The molecule has 0 radical (unpaired) electrons. The van der Waals surface area contributed by atoms with Crippen LogP contribution in [0.4, 0.5) is 5.69 Å². The lowest BCUT2D eigenvalue weighted by Crippen LogP contribution is -2.17. The van der Waals surface area contributed by atoms with Crippen LogP contribution in [-0.4, -0.2) is 21.3 Å². The Morgan fingerprint density at radius 2 is 1.89 bits per heavy atom. The maximum Gasteiger partial charge on any atom is 0.332 e. The van der Waals surface area contributed by atoms with Crippen LogP contribution >= 0.6 is 34.8 Å². The molecule has 0 atom stereocenters. The second-order valence-corrected chi connectivity index (χ2v) is 6.78. The zero-order chi connectivity index (χ0) is 20.1. The Hall–Kier alpha value is -2.22. The molecule has 7 nitrogen and oxygen atoms in total. The van der Waals surface area contributed by atoms with Gasteiger partial charge in [-0.2, -0.15) is 5.10 Å². The minimum atomic E-state index is -0.666. The van der Waals surface area contributed by atoms with Gasteiger partial charge in [-0.05, 0) is 51.1 Å². The van der Waals surface area contributed by atoms with Crippen molar-refractivity contribution in [2.75, 3.05) is 11.9 Å². The van der Waals surface area contributed by atoms with E-state index in [9.17, 15) is 10.1 Å². The number of nitrogens with zero attached hydrogens (tertiary/aromatic N) is 3. The molecule has 0 fully saturated rings. The quantitative estimate of drug-likeness (QED) is 0.365. The Morgan fingerprint density at radius 1 is 1.26 bits per heavy atom. The summed E-state index contributed by atoms with van der Waals surface area (Å²) in [5.74, 6) is 0.689. The predicted octanol–water partition coefficient (Wildman–Crippen LogP) is 5.30. The summed E-state index contributed by atoms with van der Waals surface area (Å²) in [6.07, 6.45) is 0. The number of aryl methyl sites for hydroxylation is 2. The van der Waals surface area contributed by atoms with Crippen molar-refractivity contribution in [2.24, 2.45) is 0 Å². The number of anilines is 1. The Kier molecular flexibility index (Phi) is 7.12. The molecule has 1 aromatic carbocycles. The third kappa shape index (κ3) is 5.15. The Morgan fingerprint density at radius 3 is 2.33 bits per heavy atom. The molecule has 0 spiro atoms. The monoisotopic (exact) mass is 430 g/mol. The molecule has 0 aliphatic rings. The third-order valence-electron chi connectivity index (χ3n) is 3.43. The van der Waals surface area contributed by atoms with Crippen LogP contribution in [-0.2, 0) is 0 Å². The highest BCUT2D eigenvalue weighted by Gasteiger charge is 2.28. The Balaban J connectivity index is 2.62. The lowest BCUT2D eigenvalue weighted by atomic mass is 10.3. The van der Waals surface area contributed by atoms with Crippen LogP contribution in [0.1, 0.15) is 18.3 Å². The fourth-order valence-corrected chi connectivity index (χ4v) is 2.70. The van der Waals surface area contributed by atoms with Gasteiger partial charge in [0.15, 0.2) is 5.03 Å². The minimum absolute atomic E-state index is 0.0126. The van der Waals surface area contributed by atoms with Gasteiger partial charge in [0, 0.05) is 11.4 Å². The van der Waals surface area contributed by atoms with Gasteiger partial charge in [-0.1, -0.05) is 34.8 Å². The van der Waals surface area contributed by atoms with E-state index < -0.39 is 20.1 Å². The lowest BCUT2D eigenvalue weighted by Gasteiger charge is -2.14. The summed E-state index contributed by atoms with van der Waals surface area (Å²) in [5.41, 5.74) is 1.40. The highest BCUT2D eigenvalue weighted by atomic mass is 35.5. The first-order valence-electron chi connectivity index (χ1n) is 7.88. The van der Waals surface area contributed by atoms with Gasteiger partial charge < -0.3 is 10.1 Å². The number of ether oxygens (including phenoxy) is 1. The lowest BCUT2D eigenvalue weighted by molar-refractivity contribution is -0.419. The first-order valence-corrected chi connectivity index (χ1v) is 9.01. The largest absolute Gasteiger partial charge is 0.494 e. The minimum Gasteiger partial charge on any atom is -0.494 e. The topological polar surface area (TPSA) is 82.2 Å². The SMILES string of the molecule is CCOc1ccc(N/C(=C(/C(Cl)=C(Cl)Cl)[N+](=O)[O-])n2nc(C)cc2C)cc1. The van der Waals surface area contributed by atoms with Crippen molar-refractivity contribution in [3.8, 4) is 5.75 Å². The van der Waals surface area contributed by atoms with Crippen LogP contribution in [0.15, 0.2) is 45.6 Å². The van der Waals surface area contributed by atoms with Gasteiger partial charge in [0.1, 0.15) is 10.2 Å². The number of halogens is 3. The number of hydrogen-bond acceptors (Lipinski definition) is 5. The summed E-state index contributed by atoms with van der Waals surface area (Å²) in [6.45, 7) is 5.94. The number of aromatic nitrogens is 2. The Bertz CT molecular complexity index is 901. The molecule has 0 bridgehead atoms. The van der Waals surface area contributed by atoms with E-state index in [2.05, 4.69) is 10.4 Å². The van der Waals surface area contributed by atoms with Gasteiger partial charge in [0.25, 0.3) is 0 Å². The van der Waals surface area contributed by atoms with Crippen LogP contribution < -0.4 is 10.1 Å². The summed E-state index contributed by atoms with van der Waals surface area (Å²) in [7, 11) is 0. The van der Waals surface area contributed by atoms with E-state index in [0.29, 0.717) is 29.4 Å². The first-order chi connectivity index (χ1) is 12.7. The van der Waals surface area contributed by atoms with E-state index in [4.69, 9.17) is 39.5 Å². The normalized spacial score (nSPS) is 11.6. The van der Waals surface area contributed by atoms with Gasteiger partial charge in [0.2, 0.25) is 5.82 Å². The van der Waals surface area contributed by atoms with E-state index in [1.165, 1.54) is 4.68 Å². The number of hydrogen-bond donors (Lipinski definition) is 1. The van der Waals surface area contributed by atoms with Gasteiger partial charge in [-0.25, -0.2) is 4.68 Å². The molecule has 0 saturated carbocycles. The zero-order valence-electron chi connectivity index (χ0n) is 14.8. The molecule has 1 aromatic heterocycles. The predicted molar refractivity (Wildman–Crippen MR) is 108 cm³/mol. The molecule has 1 N–H and O–H groups in total. The number of nitro groups is 1. The zero-order valence-corrected chi connectivity index (χ0v) is 17.1. The molecular formula is C17H17Cl3N4O3. The Labute approximate surface area is 171 Å². The van der Waals surface area contributed by atoms with Crippen molar-refractivity contribution >= 4 is 46.3 Å². The molecule has 2 aromatic rings. The average molecular weight is 432 g/mol. The maximum atomic E-state index is 11.7. The van der Waals surface area contributed by atoms with Crippen LogP contribution in [0.25, 0.3) is 5.82 Å². The molecule has 10 heteroatoms. The van der Waals surface area contributed by atoms with E-state index in [1.54, 1.807) is 44.2 Å². The van der Waals surface area contributed by atoms with E-state index in [0.717, 1.165) is 0 Å². The molecule has 0 amide bonds. The van der Waals surface area contributed by atoms with Crippen LogP contribution in [0, 0.1) is 24.0 Å². The number of benzene rings is 1. The number of rotatable bonds is 7. The van der Waals surface area contributed by atoms with Gasteiger partial charge in [0.05, 0.1) is 17.2 Å². The van der Waals surface area contributed by atoms with Crippen LogP contribution in [0.5, 0.6) is 5.75 Å². The number of nitrogens with one attached hydrogen (secondary N) is 1. The second-order valence-electron chi connectivity index (χ2n) is 5.45.